The number of hydrogen-bond donors (Lipinski definition) is 2. The molecular formula is C28H28F4N8O2S. The summed E-state index contributed by atoms with van der Waals surface area (Å²) >= 11 is 0. The van der Waals surface area contributed by atoms with Crippen LogP contribution in [0.5, 0.6) is 0 Å². The van der Waals surface area contributed by atoms with Crippen LogP contribution in [0.1, 0.15) is 31.7 Å². The third kappa shape index (κ3) is 5.46. The molecule has 0 bridgehead atoms. The van der Waals surface area contributed by atoms with Gasteiger partial charge >= 0.3 is 0 Å². The van der Waals surface area contributed by atoms with E-state index in [4.69, 9.17) is 10.8 Å². The molecule has 0 radical (unpaired) electrons. The third-order valence-electron chi connectivity index (χ3n) is 8.20. The second-order valence-corrected chi connectivity index (χ2v) is 12.5. The third-order valence-corrected chi connectivity index (χ3v) is 9.56. The van der Waals surface area contributed by atoms with E-state index in [2.05, 4.69) is 38.9 Å². The Balaban J connectivity index is 1.27. The molecule has 10 nitrogen and oxygen atoms in total. The Labute approximate surface area is 245 Å². The van der Waals surface area contributed by atoms with Crippen LogP contribution in [0, 0.1) is 35.4 Å². The number of hydrogen-bond acceptors (Lipinski definition) is 8. The Kier molecular flexibility index (Phi) is 7.61. The van der Waals surface area contributed by atoms with Crippen LogP contribution in [-0.2, 0) is 10.0 Å². The number of sulfonamides is 1. The number of nitrogens with two attached hydrogens (primary N) is 1. The fourth-order valence-electron chi connectivity index (χ4n) is 5.82. The van der Waals surface area contributed by atoms with Crippen LogP contribution in [-0.4, -0.2) is 77.2 Å². The number of likely N-dealkylation sites (N-methyl/N-ethyl adjacent to an activating group) is 1. The molecule has 3 N–H and O–H groups in total. The molecule has 0 atom stereocenters. The summed E-state index contributed by atoms with van der Waals surface area (Å²) in [5.41, 5.74) is 6.33. The highest BCUT2D eigenvalue weighted by molar-refractivity contribution is 7.92. The van der Waals surface area contributed by atoms with Gasteiger partial charge in [0.2, 0.25) is 0 Å². The minimum atomic E-state index is -4.84. The van der Waals surface area contributed by atoms with Gasteiger partial charge in [-0.25, -0.2) is 40.6 Å². The summed E-state index contributed by atoms with van der Waals surface area (Å²) < 4.78 is 85.1. The van der Waals surface area contributed by atoms with Crippen molar-refractivity contribution in [1.82, 2.24) is 29.5 Å². The van der Waals surface area contributed by atoms with E-state index >= 15 is 4.39 Å². The van der Waals surface area contributed by atoms with Crippen molar-refractivity contribution in [3.63, 3.8) is 0 Å². The summed E-state index contributed by atoms with van der Waals surface area (Å²) in [5.74, 6) is -6.43. The molecule has 4 aromatic rings. The van der Waals surface area contributed by atoms with E-state index in [1.54, 1.807) is 4.68 Å². The largest absolute Gasteiger partial charge is 0.383 e. The van der Waals surface area contributed by atoms with Crippen molar-refractivity contribution in [3.05, 3.63) is 59.9 Å². The monoisotopic (exact) mass is 616 g/mol. The number of nitrogens with one attached hydrogen (secondary N) is 1. The maximum absolute atomic E-state index is 15.2. The first-order valence-corrected chi connectivity index (χ1v) is 15.2. The molecule has 0 unspecified atom stereocenters. The molecule has 2 fully saturated rings. The van der Waals surface area contributed by atoms with Gasteiger partial charge in [0.15, 0.2) is 28.9 Å². The lowest BCUT2D eigenvalue weighted by Gasteiger charge is -2.41. The molecule has 1 saturated carbocycles. The van der Waals surface area contributed by atoms with E-state index in [0.717, 1.165) is 57.9 Å². The van der Waals surface area contributed by atoms with Gasteiger partial charge < -0.3 is 10.6 Å². The quantitative estimate of drug-likeness (QED) is 0.248. The molecule has 1 aliphatic carbocycles. The van der Waals surface area contributed by atoms with E-state index in [-0.39, 0.29) is 23.1 Å². The van der Waals surface area contributed by atoms with Crippen LogP contribution in [0.4, 0.5) is 29.1 Å². The first-order valence-electron chi connectivity index (χ1n) is 13.7. The molecule has 6 rings (SSSR count). The van der Waals surface area contributed by atoms with Gasteiger partial charge in [0.25, 0.3) is 10.0 Å². The summed E-state index contributed by atoms with van der Waals surface area (Å²) in [4.78, 5) is 12.2. The maximum Gasteiger partial charge on any atom is 0.265 e. The lowest BCUT2D eigenvalue weighted by Crippen LogP contribution is -2.49. The average molecular weight is 617 g/mol. The number of nitrogens with zero attached hydrogens (tertiary/aromatic N) is 6. The molecule has 2 aromatic carbocycles. The van der Waals surface area contributed by atoms with Crippen LogP contribution in [0.2, 0.25) is 0 Å². The molecule has 2 aliphatic rings. The predicted octanol–water partition coefficient (Wildman–Crippen LogP) is 3.76. The molecule has 15 heteroatoms. The minimum absolute atomic E-state index is 0.0279. The number of piperazine rings is 1. The zero-order valence-corrected chi connectivity index (χ0v) is 23.9. The van der Waals surface area contributed by atoms with Gasteiger partial charge in [0.1, 0.15) is 28.4 Å². The number of rotatable bonds is 6. The highest BCUT2D eigenvalue weighted by Crippen LogP contribution is 2.37. The molecule has 2 aromatic heterocycles. The number of aromatic nitrogens is 4. The van der Waals surface area contributed by atoms with E-state index in [1.807, 2.05) is 4.72 Å². The first-order chi connectivity index (χ1) is 20.5. The summed E-state index contributed by atoms with van der Waals surface area (Å²) in [6.07, 6.45) is 5.05. The number of fused-ring (bicyclic) bond motifs is 1. The van der Waals surface area contributed by atoms with Gasteiger partial charge in [0, 0.05) is 32.2 Å². The van der Waals surface area contributed by atoms with E-state index in [1.165, 1.54) is 6.33 Å². The standard InChI is InChI=1S/C28H28F4N8O2S/c1-38-10-12-39(13-11-38)17-3-5-18(6-4-17)40-28-23(27(33)34-15-35-28)26(36-40)16-2-8-21(20(30)14-16)37-43(41,42)22-9-7-19(29)24(31)25(22)32/h7,9,14-15,17-18,37H,3-6,10-13H2,1H3,(H2,33,34,35). The van der Waals surface area contributed by atoms with Crippen LogP contribution in [0.25, 0.3) is 22.3 Å². The van der Waals surface area contributed by atoms with Gasteiger partial charge in [-0.05, 0) is 57.0 Å². The Morgan fingerprint density at radius 2 is 1.63 bits per heavy atom. The second kappa shape index (κ2) is 11.3. The minimum Gasteiger partial charge on any atom is -0.383 e. The van der Waals surface area contributed by atoms with Crippen molar-refractivity contribution < 1.29 is 26.0 Å². The second-order valence-electron chi connectivity index (χ2n) is 10.9. The van der Waals surface area contributed by atoms with Gasteiger partial charge in [-0.15, -0.1) is 0 Å². The van der Waals surface area contributed by atoms with Crippen molar-refractivity contribution in [2.45, 2.75) is 42.7 Å². The van der Waals surface area contributed by atoms with Crippen molar-refractivity contribution in [2.75, 3.05) is 43.7 Å². The van der Waals surface area contributed by atoms with Crippen molar-refractivity contribution in [3.8, 4) is 11.3 Å². The smallest absolute Gasteiger partial charge is 0.265 e. The first kappa shape index (κ1) is 29.1. The Bertz CT molecular complexity index is 1790. The van der Waals surface area contributed by atoms with Gasteiger partial charge in [-0.1, -0.05) is 6.07 Å². The zero-order valence-electron chi connectivity index (χ0n) is 23.1. The molecule has 0 spiro atoms. The average Bonchev–Trinajstić information content (AvgIpc) is 3.38. The van der Waals surface area contributed by atoms with Gasteiger partial charge in [-0.3, -0.25) is 9.62 Å². The van der Waals surface area contributed by atoms with Gasteiger partial charge in [-0.2, -0.15) is 5.10 Å². The fourth-order valence-corrected chi connectivity index (χ4v) is 6.92. The van der Waals surface area contributed by atoms with Crippen molar-refractivity contribution in [1.29, 1.82) is 0 Å². The molecule has 0 amide bonds. The van der Waals surface area contributed by atoms with Crippen LogP contribution in [0.15, 0.2) is 29.4 Å². The maximum atomic E-state index is 15.2. The van der Waals surface area contributed by atoms with Crippen molar-refractivity contribution in [2.24, 2.45) is 0 Å². The Hall–Kier alpha value is -4.00. The molecule has 43 heavy (non-hydrogen) atoms. The normalized spacial score (nSPS) is 20.3. The van der Waals surface area contributed by atoms with E-state index in [9.17, 15) is 21.6 Å². The van der Waals surface area contributed by atoms with E-state index in [0.29, 0.717) is 29.2 Å². The molecule has 226 valence electrons. The molecule has 3 heterocycles. The number of benzene rings is 1. The SMILES string of the molecule is CN1CCN(C2CCC(n3nc(-c4c#cc(NS(=O)(=O)c5ccc(F)c(F)c5F)c(F)c4)c4c(N)ncnc43)CC2)CC1. The summed E-state index contributed by atoms with van der Waals surface area (Å²) in [6, 6.07) is 7.53. The molecular weight excluding hydrogens is 588 g/mol. The summed E-state index contributed by atoms with van der Waals surface area (Å²) in [5, 5.41) is 5.14. The molecule has 1 aliphatic heterocycles. The number of nitrogen functional groups attached to an aromatic ring is 1. The van der Waals surface area contributed by atoms with Crippen molar-refractivity contribution >= 4 is 32.6 Å². The Morgan fingerprint density at radius 3 is 2.33 bits per heavy atom. The Morgan fingerprint density at radius 1 is 0.930 bits per heavy atom. The summed E-state index contributed by atoms with van der Waals surface area (Å²) in [7, 11) is -2.71. The highest BCUT2D eigenvalue weighted by Gasteiger charge is 2.31. The fraction of sp³-hybridized carbons (Fsp3) is 0.393. The number of halogens is 4. The lowest BCUT2D eigenvalue weighted by molar-refractivity contribution is 0.0815. The highest BCUT2D eigenvalue weighted by atomic mass is 32.2. The molecule has 1 saturated heterocycles. The van der Waals surface area contributed by atoms with Crippen LogP contribution < -0.4 is 10.5 Å². The van der Waals surface area contributed by atoms with Crippen LogP contribution in [0.3, 0.4) is 0 Å². The topological polar surface area (TPSA) is 122 Å². The van der Waals surface area contributed by atoms with Crippen LogP contribution >= 0.6 is 0 Å². The van der Waals surface area contributed by atoms with Gasteiger partial charge in [0.05, 0.1) is 17.0 Å². The summed E-state index contributed by atoms with van der Waals surface area (Å²) in [6.45, 7) is 4.19. The predicted molar refractivity (Wildman–Crippen MR) is 150 cm³/mol. The number of anilines is 2. The lowest BCUT2D eigenvalue weighted by atomic mass is 9.90. The zero-order chi connectivity index (χ0) is 30.5. The van der Waals surface area contributed by atoms with E-state index < -0.39 is 43.9 Å².